The molecule has 0 aromatic carbocycles. The molecule has 4 heteroatoms. The molecule has 1 atom stereocenters. The topological polar surface area (TPSA) is 42.7 Å². The van der Waals surface area contributed by atoms with Crippen LogP contribution in [-0.4, -0.2) is 21.8 Å². The molecule has 0 bridgehead atoms. The molecule has 0 aliphatic heterocycles. The first-order chi connectivity index (χ1) is 8.72. The predicted octanol–water partition coefficient (Wildman–Crippen LogP) is 2.56. The van der Waals surface area contributed by atoms with Gasteiger partial charge < -0.3 is 5.32 Å². The Kier molecular flexibility index (Phi) is 3.14. The monoisotopic (exact) mass is 248 g/mol. The molecule has 18 heavy (non-hydrogen) atoms. The lowest BCUT2D eigenvalue weighted by Crippen LogP contribution is -2.31. The Balaban J connectivity index is 1.87. The van der Waals surface area contributed by atoms with Crippen molar-refractivity contribution in [1.29, 1.82) is 0 Å². The molecule has 1 aromatic heterocycles. The van der Waals surface area contributed by atoms with E-state index in [0.717, 1.165) is 23.6 Å². The summed E-state index contributed by atoms with van der Waals surface area (Å²) in [6, 6.07) is 0.771. The van der Waals surface area contributed by atoms with Gasteiger partial charge in [-0.15, -0.1) is 0 Å². The molecule has 0 spiro atoms. The van der Waals surface area contributed by atoms with Gasteiger partial charge in [0.2, 0.25) is 0 Å². The predicted molar refractivity (Wildman–Crippen MR) is 71.1 cm³/mol. The summed E-state index contributed by atoms with van der Waals surface area (Å²) in [7, 11) is 2.07. The van der Waals surface area contributed by atoms with E-state index < -0.39 is 0 Å². The summed E-state index contributed by atoms with van der Waals surface area (Å²) in [5, 5.41) is 7.91. The molecule has 2 aliphatic carbocycles. The second-order valence-corrected chi connectivity index (χ2v) is 6.18. The first kappa shape index (κ1) is 12.2. The smallest absolute Gasteiger partial charge is 0.144 e. The van der Waals surface area contributed by atoms with Crippen molar-refractivity contribution in [2.75, 3.05) is 7.05 Å². The highest BCUT2D eigenvalue weighted by Crippen LogP contribution is 2.53. The van der Waals surface area contributed by atoms with Gasteiger partial charge in [-0.3, -0.25) is 0 Å². The highest BCUT2D eigenvalue weighted by Gasteiger charge is 2.46. The average molecular weight is 248 g/mol. The fourth-order valence-corrected chi connectivity index (χ4v) is 3.26. The van der Waals surface area contributed by atoms with Crippen LogP contribution in [-0.2, 0) is 0 Å². The van der Waals surface area contributed by atoms with Gasteiger partial charge in [0, 0.05) is 6.04 Å². The summed E-state index contributed by atoms with van der Waals surface area (Å²) < 4.78 is 2.08. The van der Waals surface area contributed by atoms with Crippen LogP contribution in [0.4, 0.5) is 0 Å². The number of hydrogen-bond donors (Lipinski definition) is 1. The first-order valence-electron chi connectivity index (χ1n) is 7.29. The van der Waals surface area contributed by atoms with Gasteiger partial charge in [0.1, 0.15) is 12.2 Å². The molecule has 0 amide bonds. The fourth-order valence-electron chi connectivity index (χ4n) is 3.26. The molecule has 2 fully saturated rings. The Bertz CT molecular complexity index is 392. The van der Waals surface area contributed by atoms with E-state index in [9.17, 15) is 0 Å². The largest absolute Gasteiger partial charge is 0.310 e. The van der Waals surface area contributed by atoms with Crippen LogP contribution in [0, 0.1) is 17.8 Å². The molecule has 2 aliphatic rings. The van der Waals surface area contributed by atoms with E-state index in [0.29, 0.717) is 12.1 Å². The number of rotatable bonds is 6. The standard InChI is InChI=1S/C14H24N4/c1-9(2)18-14(16-8-17-18)13(15-3)12(10-4-5-10)11-6-7-11/h8-13,15H,4-7H2,1-3H3. The molecule has 3 rings (SSSR count). The summed E-state index contributed by atoms with van der Waals surface area (Å²) in [6.45, 7) is 4.35. The van der Waals surface area contributed by atoms with E-state index in [1.54, 1.807) is 6.33 Å². The van der Waals surface area contributed by atoms with Gasteiger partial charge >= 0.3 is 0 Å². The third-order valence-electron chi connectivity index (χ3n) is 4.40. The molecule has 0 saturated heterocycles. The Labute approximate surface area is 109 Å². The van der Waals surface area contributed by atoms with Crippen molar-refractivity contribution >= 4 is 0 Å². The van der Waals surface area contributed by atoms with Gasteiger partial charge in [-0.1, -0.05) is 0 Å². The Morgan fingerprint density at radius 2 is 1.83 bits per heavy atom. The van der Waals surface area contributed by atoms with Crippen LogP contribution < -0.4 is 5.32 Å². The molecule has 1 aromatic rings. The minimum Gasteiger partial charge on any atom is -0.310 e. The Hall–Kier alpha value is -0.900. The van der Waals surface area contributed by atoms with Crippen molar-refractivity contribution in [3.8, 4) is 0 Å². The summed E-state index contributed by atoms with van der Waals surface area (Å²) in [6.07, 6.45) is 7.35. The zero-order valence-electron chi connectivity index (χ0n) is 11.6. The zero-order valence-corrected chi connectivity index (χ0v) is 11.6. The fraction of sp³-hybridized carbons (Fsp3) is 0.857. The molecule has 2 saturated carbocycles. The van der Waals surface area contributed by atoms with Crippen LogP contribution >= 0.6 is 0 Å². The Morgan fingerprint density at radius 1 is 1.22 bits per heavy atom. The lowest BCUT2D eigenvalue weighted by molar-refractivity contribution is 0.276. The highest BCUT2D eigenvalue weighted by molar-refractivity contribution is 5.06. The summed E-state index contributed by atoms with van der Waals surface area (Å²) in [5.74, 6) is 3.76. The molecular weight excluding hydrogens is 224 g/mol. The second kappa shape index (κ2) is 4.65. The molecule has 100 valence electrons. The van der Waals surface area contributed by atoms with Crippen LogP contribution in [0.5, 0.6) is 0 Å². The van der Waals surface area contributed by atoms with Crippen LogP contribution in [0.15, 0.2) is 6.33 Å². The number of hydrogen-bond acceptors (Lipinski definition) is 3. The third-order valence-corrected chi connectivity index (χ3v) is 4.40. The first-order valence-corrected chi connectivity index (χ1v) is 7.29. The van der Waals surface area contributed by atoms with E-state index >= 15 is 0 Å². The van der Waals surface area contributed by atoms with Crippen molar-refractivity contribution in [2.24, 2.45) is 17.8 Å². The number of nitrogens with one attached hydrogen (secondary N) is 1. The SMILES string of the molecule is CNC(c1ncnn1C(C)C)C(C1CC1)C1CC1. The summed E-state index contributed by atoms with van der Waals surface area (Å²) in [4.78, 5) is 4.54. The second-order valence-electron chi connectivity index (χ2n) is 6.18. The van der Waals surface area contributed by atoms with Crippen LogP contribution in [0.25, 0.3) is 0 Å². The van der Waals surface area contributed by atoms with Crippen molar-refractivity contribution < 1.29 is 0 Å². The van der Waals surface area contributed by atoms with Gasteiger partial charge in [0.25, 0.3) is 0 Å². The lowest BCUT2D eigenvalue weighted by Gasteiger charge is -2.27. The van der Waals surface area contributed by atoms with Gasteiger partial charge in [-0.05, 0) is 64.3 Å². The van der Waals surface area contributed by atoms with E-state index in [-0.39, 0.29) is 0 Å². The van der Waals surface area contributed by atoms with Crippen LogP contribution in [0.3, 0.4) is 0 Å². The van der Waals surface area contributed by atoms with E-state index in [1.165, 1.54) is 25.7 Å². The molecule has 0 radical (unpaired) electrons. The molecular formula is C14H24N4. The lowest BCUT2D eigenvalue weighted by atomic mass is 9.89. The number of aromatic nitrogens is 3. The van der Waals surface area contributed by atoms with E-state index in [4.69, 9.17) is 0 Å². The van der Waals surface area contributed by atoms with Gasteiger partial charge in [0.05, 0.1) is 6.04 Å². The highest BCUT2D eigenvalue weighted by atomic mass is 15.4. The van der Waals surface area contributed by atoms with Gasteiger partial charge in [-0.25, -0.2) is 9.67 Å². The average Bonchev–Trinajstić information content (AvgIpc) is 3.26. The molecule has 1 N–H and O–H groups in total. The number of nitrogens with zero attached hydrogens (tertiary/aromatic N) is 3. The van der Waals surface area contributed by atoms with Crippen LogP contribution in [0.2, 0.25) is 0 Å². The van der Waals surface area contributed by atoms with Crippen LogP contribution in [0.1, 0.15) is 57.4 Å². The third kappa shape index (κ3) is 2.18. The normalized spacial score (nSPS) is 21.8. The maximum Gasteiger partial charge on any atom is 0.144 e. The minimum absolute atomic E-state index is 0.384. The maximum absolute atomic E-state index is 4.54. The zero-order chi connectivity index (χ0) is 12.7. The maximum atomic E-state index is 4.54. The summed E-state index contributed by atoms with van der Waals surface area (Å²) in [5.41, 5.74) is 0. The molecule has 4 nitrogen and oxygen atoms in total. The van der Waals surface area contributed by atoms with Crippen molar-refractivity contribution in [1.82, 2.24) is 20.1 Å². The summed E-state index contributed by atoms with van der Waals surface area (Å²) >= 11 is 0. The Morgan fingerprint density at radius 3 is 2.28 bits per heavy atom. The quantitative estimate of drug-likeness (QED) is 0.841. The van der Waals surface area contributed by atoms with E-state index in [2.05, 4.69) is 41.0 Å². The van der Waals surface area contributed by atoms with Crippen molar-refractivity contribution in [3.63, 3.8) is 0 Å². The molecule has 1 unspecified atom stereocenters. The van der Waals surface area contributed by atoms with Gasteiger partial charge in [0.15, 0.2) is 0 Å². The van der Waals surface area contributed by atoms with Crippen molar-refractivity contribution in [3.05, 3.63) is 12.2 Å². The minimum atomic E-state index is 0.384. The molecule has 1 heterocycles. The van der Waals surface area contributed by atoms with Crippen molar-refractivity contribution in [2.45, 2.75) is 51.6 Å². The van der Waals surface area contributed by atoms with Gasteiger partial charge in [-0.2, -0.15) is 5.10 Å². The van der Waals surface area contributed by atoms with E-state index in [1.807, 2.05) is 0 Å².